The van der Waals surface area contributed by atoms with Gasteiger partial charge in [-0.05, 0) is 31.2 Å². The molecule has 0 saturated carbocycles. The van der Waals surface area contributed by atoms with Crippen LogP contribution in [0.3, 0.4) is 0 Å². The number of nitrogens with one attached hydrogen (secondary N) is 1. The maximum atomic E-state index is 12.0. The van der Waals surface area contributed by atoms with Gasteiger partial charge in [0.15, 0.2) is 0 Å². The van der Waals surface area contributed by atoms with Crippen LogP contribution in [0.4, 0.5) is 4.79 Å². The molecule has 0 aliphatic carbocycles. The number of ether oxygens (including phenoxy) is 1. The molecule has 7 nitrogen and oxygen atoms in total. The summed E-state index contributed by atoms with van der Waals surface area (Å²) in [4.78, 5) is 39.8. The highest BCUT2D eigenvalue weighted by molar-refractivity contribution is 7.12. The zero-order chi connectivity index (χ0) is 18.2. The normalized spacial score (nSPS) is 14.9. The molecule has 2 rings (SSSR count). The number of carbonyl (C=O) groups is 3. The molecular formula is C17H25N3O4S. The van der Waals surface area contributed by atoms with Crippen LogP contribution >= 0.6 is 11.3 Å². The number of hydrogen-bond acceptors (Lipinski definition) is 5. The summed E-state index contributed by atoms with van der Waals surface area (Å²) in [5, 5.41) is 4.70. The summed E-state index contributed by atoms with van der Waals surface area (Å²) in [5.74, 6) is -0.129. The molecule has 138 valence electrons. The van der Waals surface area contributed by atoms with Crippen LogP contribution in [-0.2, 0) is 9.53 Å². The zero-order valence-electron chi connectivity index (χ0n) is 14.7. The van der Waals surface area contributed by atoms with Crippen LogP contribution in [0.2, 0.25) is 0 Å². The molecule has 0 atom stereocenters. The van der Waals surface area contributed by atoms with Crippen molar-refractivity contribution in [3.63, 3.8) is 0 Å². The molecule has 0 unspecified atom stereocenters. The Kier molecular flexibility index (Phi) is 7.24. The summed E-state index contributed by atoms with van der Waals surface area (Å²) in [6, 6.07) is 3.69. The molecule has 25 heavy (non-hydrogen) atoms. The van der Waals surface area contributed by atoms with Crippen molar-refractivity contribution in [1.82, 2.24) is 15.1 Å². The van der Waals surface area contributed by atoms with Crippen molar-refractivity contribution >= 4 is 29.2 Å². The number of carbonyl (C=O) groups excluding carboxylic acids is 3. The number of hydrogen-bond donors (Lipinski definition) is 1. The Hall–Kier alpha value is -2.09. The van der Waals surface area contributed by atoms with Crippen LogP contribution in [0.15, 0.2) is 17.5 Å². The van der Waals surface area contributed by atoms with Gasteiger partial charge < -0.3 is 19.9 Å². The lowest BCUT2D eigenvalue weighted by Gasteiger charge is -2.37. The molecule has 2 heterocycles. The maximum Gasteiger partial charge on any atom is 0.409 e. The second-order valence-electron chi connectivity index (χ2n) is 5.86. The van der Waals surface area contributed by atoms with E-state index in [1.165, 1.54) is 11.3 Å². The second-order valence-corrected chi connectivity index (χ2v) is 6.81. The van der Waals surface area contributed by atoms with E-state index in [4.69, 9.17) is 4.74 Å². The summed E-state index contributed by atoms with van der Waals surface area (Å²) in [6.07, 6.45) is 1.15. The molecule has 3 amide bonds. The Bertz CT molecular complexity index is 583. The highest BCUT2D eigenvalue weighted by Gasteiger charge is 2.28. The third-order valence-electron chi connectivity index (χ3n) is 4.22. The van der Waals surface area contributed by atoms with Gasteiger partial charge in [-0.2, -0.15) is 0 Å². The third kappa shape index (κ3) is 5.45. The fourth-order valence-electron chi connectivity index (χ4n) is 2.96. The van der Waals surface area contributed by atoms with E-state index in [1.807, 2.05) is 11.4 Å². The molecule has 0 aromatic carbocycles. The Balaban J connectivity index is 1.80. The lowest BCUT2D eigenvalue weighted by atomic mass is 10.0. The van der Waals surface area contributed by atoms with Crippen molar-refractivity contribution in [2.75, 3.05) is 32.8 Å². The molecule has 1 aliphatic heterocycles. The minimum absolute atomic E-state index is 0.0139. The SMILES string of the molecule is CCOC(=O)N1CCC(N(CCNC(=O)c2cccs2)C(C)=O)CC1. The van der Waals surface area contributed by atoms with Crippen LogP contribution in [0.5, 0.6) is 0 Å². The van der Waals surface area contributed by atoms with E-state index in [0.29, 0.717) is 37.7 Å². The topological polar surface area (TPSA) is 79.0 Å². The summed E-state index contributed by atoms with van der Waals surface area (Å²) >= 11 is 1.39. The molecule has 1 saturated heterocycles. The molecule has 1 aromatic heterocycles. The quantitative estimate of drug-likeness (QED) is 0.833. The molecule has 0 spiro atoms. The van der Waals surface area contributed by atoms with Gasteiger partial charge in [-0.15, -0.1) is 11.3 Å². The highest BCUT2D eigenvalue weighted by Crippen LogP contribution is 2.17. The molecular weight excluding hydrogens is 342 g/mol. The predicted molar refractivity (Wildman–Crippen MR) is 95.7 cm³/mol. The number of nitrogens with zero attached hydrogens (tertiary/aromatic N) is 2. The Morgan fingerprint density at radius 1 is 1.36 bits per heavy atom. The van der Waals surface area contributed by atoms with Gasteiger partial charge in [0.1, 0.15) is 0 Å². The van der Waals surface area contributed by atoms with Gasteiger partial charge in [-0.3, -0.25) is 9.59 Å². The van der Waals surface area contributed by atoms with Gasteiger partial charge in [0, 0.05) is 39.1 Å². The first kappa shape index (κ1) is 19.2. The number of likely N-dealkylation sites (tertiary alicyclic amines) is 1. The smallest absolute Gasteiger partial charge is 0.409 e. The van der Waals surface area contributed by atoms with Crippen LogP contribution < -0.4 is 5.32 Å². The van der Waals surface area contributed by atoms with Gasteiger partial charge in [-0.25, -0.2) is 4.79 Å². The van der Waals surface area contributed by atoms with Crippen LogP contribution in [0.25, 0.3) is 0 Å². The molecule has 0 bridgehead atoms. The third-order valence-corrected chi connectivity index (χ3v) is 5.09. The van der Waals surface area contributed by atoms with Gasteiger partial charge in [0.2, 0.25) is 5.91 Å². The van der Waals surface area contributed by atoms with E-state index in [1.54, 1.807) is 29.7 Å². The first-order chi connectivity index (χ1) is 12.0. The summed E-state index contributed by atoms with van der Waals surface area (Å²) in [7, 11) is 0. The molecule has 1 aliphatic rings. The maximum absolute atomic E-state index is 12.0. The fourth-order valence-corrected chi connectivity index (χ4v) is 3.60. The highest BCUT2D eigenvalue weighted by atomic mass is 32.1. The summed E-state index contributed by atoms with van der Waals surface area (Å²) < 4.78 is 5.01. The van der Waals surface area contributed by atoms with Gasteiger partial charge in [-0.1, -0.05) is 6.07 Å². The summed E-state index contributed by atoms with van der Waals surface area (Å²) in [5.41, 5.74) is 0. The monoisotopic (exact) mass is 367 g/mol. The first-order valence-electron chi connectivity index (χ1n) is 8.53. The van der Waals surface area contributed by atoms with Crippen LogP contribution in [0, 0.1) is 0 Å². The lowest BCUT2D eigenvalue weighted by molar-refractivity contribution is -0.131. The van der Waals surface area contributed by atoms with Crippen molar-refractivity contribution in [3.8, 4) is 0 Å². The molecule has 0 radical (unpaired) electrons. The van der Waals surface area contributed by atoms with Crippen LogP contribution in [-0.4, -0.2) is 66.5 Å². The van der Waals surface area contributed by atoms with E-state index in [2.05, 4.69) is 5.32 Å². The molecule has 1 aromatic rings. The number of thiophene rings is 1. The zero-order valence-corrected chi connectivity index (χ0v) is 15.5. The predicted octanol–water partition coefficient (Wildman–Crippen LogP) is 1.95. The standard InChI is InChI=1S/C17H25N3O4S/c1-3-24-17(23)19-9-6-14(7-10-19)20(13(2)21)11-8-18-16(22)15-5-4-12-25-15/h4-5,12,14H,3,6-11H2,1-2H3,(H,18,22). The van der Waals surface area contributed by atoms with E-state index in [9.17, 15) is 14.4 Å². The molecule has 8 heteroatoms. The minimum atomic E-state index is -0.293. The number of rotatable bonds is 6. The second kappa shape index (κ2) is 9.41. The van der Waals surface area contributed by atoms with E-state index < -0.39 is 0 Å². The van der Waals surface area contributed by atoms with Crippen molar-refractivity contribution in [2.24, 2.45) is 0 Å². The summed E-state index contributed by atoms with van der Waals surface area (Å²) in [6.45, 7) is 5.72. The van der Waals surface area contributed by atoms with Crippen molar-refractivity contribution in [3.05, 3.63) is 22.4 Å². The van der Waals surface area contributed by atoms with Crippen molar-refractivity contribution in [1.29, 1.82) is 0 Å². The Morgan fingerprint density at radius 3 is 2.64 bits per heavy atom. The minimum Gasteiger partial charge on any atom is -0.450 e. The number of piperidine rings is 1. The van der Waals surface area contributed by atoms with Crippen LogP contribution in [0.1, 0.15) is 36.4 Å². The van der Waals surface area contributed by atoms with Crippen molar-refractivity contribution < 1.29 is 19.1 Å². The van der Waals surface area contributed by atoms with Crippen molar-refractivity contribution in [2.45, 2.75) is 32.7 Å². The van der Waals surface area contributed by atoms with E-state index in [0.717, 1.165) is 12.8 Å². The number of amides is 3. The fraction of sp³-hybridized carbons (Fsp3) is 0.588. The largest absolute Gasteiger partial charge is 0.450 e. The average Bonchev–Trinajstić information content (AvgIpc) is 3.13. The first-order valence-corrected chi connectivity index (χ1v) is 9.41. The molecule has 1 N–H and O–H groups in total. The van der Waals surface area contributed by atoms with E-state index >= 15 is 0 Å². The Morgan fingerprint density at radius 2 is 2.08 bits per heavy atom. The Labute approximate surface area is 151 Å². The van der Waals surface area contributed by atoms with Gasteiger partial charge in [0.05, 0.1) is 11.5 Å². The lowest BCUT2D eigenvalue weighted by Crippen LogP contribution is -2.50. The molecule has 1 fully saturated rings. The van der Waals surface area contributed by atoms with Gasteiger partial charge in [0.25, 0.3) is 5.91 Å². The van der Waals surface area contributed by atoms with E-state index in [-0.39, 0.29) is 23.9 Å². The van der Waals surface area contributed by atoms with Gasteiger partial charge >= 0.3 is 6.09 Å². The average molecular weight is 367 g/mol.